The lowest BCUT2D eigenvalue weighted by molar-refractivity contribution is 0.210. The van der Waals surface area contributed by atoms with Gasteiger partial charge < -0.3 is 5.11 Å². The molecule has 0 atom stereocenters. The molecule has 0 saturated heterocycles. The number of nitrogens with one attached hydrogen (secondary N) is 1. The monoisotopic (exact) mass is 283 g/mol. The van der Waals surface area contributed by atoms with E-state index < -0.39 is 15.9 Å². The Labute approximate surface area is 108 Å². The molecule has 0 aliphatic heterocycles. The van der Waals surface area contributed by atoms with Crippen LogP contribution in [0.15, 0.2) is 51.6 Å². The van der Waals surface area contributed by atoms with Crippen molar-refractivity contribution >= 4 is 32.3 Å². The van der Waals surface area contributed by atoms with Gasteiger partial charge in [0.15, 0.2) is 0 Å². The highest BCUT2D eigenvalue weighted by molar-refractivity contribution is 7.91. The summed E-state index contributed by atoms with van der Waals surface area (Å²) in [5.74, 6) is 0. The number of rotatable bonds is 3. The molecule has 1 aromatic heterocycles. The third-order valence-corrected chi connectivity index (χ3v) is 4.96. The zero-order chi connectivity index (χ0) is 13.2. The first-order valence-corrected chi connectivity index (χ1v) is 7.25. The fraction of sp³-hybridized carbons (Fsp3) is 0. The highest BCUT2D eigenvalue weighted by atomic mass is 32.2. The Bertz CT molecular complexity index is 661. The van der Waals surface area contributed by atoms with Crippen LogP contribution in [0.4, 0.5) is 9.80 Å². The third kappa shape index (κ3) is 2.36. The van der Waals surface area contributed by atoms with Gasteiger partial charge in [-0.15, -0.1) is 11.3 Å². The predicted octanol–water partition coefficient (Wildman–Crippen LogP) is 2.67. The average Bonchev–Trinajstić information content (AvgIpc) is 2.78. The summed E-state index contributed by atoms with van der Waals surface area (Å²) in [6, 6.07) is 9.27. The highest BCUT2D eigenvalue weighted by Gasteiger charge is 2.22. The summed E-state index contributed by atoms with van der Waals surface area (Å²) >= 11 is 1.03. The number of hydrogen-bond donors (Lipinski definition) is 2. The number of carbonyl (C=O) groups is 1. The highest BCUT2D eigenvalue weighted by Crippen LogP contribution is 2.32. The van der Waals surface area contributed by atoms with Gasteiger partial charge in [0.1, 0.15) is 9.90 Å². The van der Waals surface area contributed by atoms with Crippen LogP contribution >= 0.6 is 11.3 Å². The summed E-state index contributed by atoms with van der Waals surface area (Å²) < 4.78 is 24.5. The molecular formula is C11H9NO4S2. The number of carboxylic acid groups (broad SMARTS) is 1. The molecule has 0 saturated carbocycles. The molecule has 0 aliphatic carbocycles. The van der Waals surface area contributed by atoms with Gasteiger partial charge in [0.2, 0.25) is 9.84 Å². The molecule has 1 aromatic carbocycles. The van der Waals surface area contributed by atoms with Crippen LogP contribution in [0.5, 0.6) is 0 Å². The molecule has 1 heterocycles. The van der Waals surface area contributed by atoms with Crippen LogP contribution in [-0.4, -0.2) is 19.6 Å². The van der Waals surface area contributed by atoms with E-state index in [9.17, 15) is 13.2 Å². The van der Waals surface area contributed by atoms with Crippen molar-refractivity contribution in [2.45, 2.75) is 9.79 Å². The normalized spacial score (nSPS) is 11.1. The predicted molar refractivity (Wildman–Crippen MR) is 67.9 cm³/mol. The third-order valence-electron chi connectivity index (χ3n) is 2.19. The molecule has 5 nitrogen and oxygen atoms in total. The maximum Gasteiger partial charge on any atom is 0.409 e. The second-order valence-corrected chi connectivity index (χ2v) is 6.19. The minimum atomic E-state index is -3.69. The van der Waals surface area contributed by atoms with Crippen molar-refractivity contribution in [1.29, 1.82) is 0 Å². The van der Waals surface area contributed by atoms with Crippen LogP contribution in [-0.2, 0) is 9.84 Å². The molecule has 0 spiro atoms. The zero-order valence-electron chi connectivity index (χ0n) is 9.03. The number of thiophene rings is 1. The topological polar surface area (TPSA) is 83.5 Å². The first-order chi connectivity index (χ1) is 8.51. The molecule has 0 radical (unpaired) electrons. The van der Waals surface area contributed by atoms with Gasteiger partial charge in [-0.3, -0.25) is 5.32 Å². The smallest absolute Gasteiger partial charge is 0.409 e. The lowest BCUT2D eigenvalue weighted by Crippen LogP contribution is -2.10. The molecule has 2 N–H and O–H groups in total. The summed E-state index contributed by atoms with van der Waals surface area (Å²) in [6.45, 7) is 0. The van der Waals surface area contributed by atoms with Gasteiger partial charge in [-0.05, 0) is 23.6 Å². The largest absolute Gasteiger partial charge is 0.465 e. The Morgan fingerprint density at radius 2 is 1.83 bits per heavy atom. The molecule has 0 fully saturated rings. The SMILES string of the molecule is O=C(O)Nc1sccc1S(=O)(=O)c1ccccc1. The van der Waals surface area contributed by atoms with Gasteiger partial charge in [-0.25, -0.2) is 13.2 Å². The van der Waals surface area contributed by atoms with E-state index in [4.69, 9.17) is 5.11 Å². The molecule has 1 amide bonds. The summed E-state index contributed by atoms with van der Waals surface area (Å²) in [5.41, 5.74) is 0. The van der Waals surface area contributed by atoms with E-state index in [1.807, 2.05) is 0 Å². The number of hydrogen-bond acceptors (Lipinski definition) is 4. The lowest BCUT2D eigenvalue weighted by atomic mass is 10.4. The van der Waals surface area contributed by atoms with Crippen molar-refractivity contribution in [3.63, 3.8) is 0 Å². The van der Waals surface area contributed by atoms with Crippen molar-refractivity contribution < 1.29 is 18.3 Å². The Kier molecular flexibility index (Phi) is 3.35. The van der Waals surface area contributed by atoms with E-state index in [-0.39, 0.29) is 14.8 Å². The van der Waals surface area contributed by atoms with Gasteiger partial charge in [-0.2, -0.15) is 0 Å². The second-order valence-electron chi connectivity index (χ2n) is 3.36. The molecular weight excluding hydrogens is 274 g/mol. The molecule has 2 rings (SSSR count). The summed E-state index contributed by atoms with van der Waals surface area (Å²) in [6.07, 6.45) is -1.29. The molecule has 0 bridgehead atoms. The summed E-state index contributed by atoms with van der Waals surface area (Å²) in [5, 5.41) is 12.4. The van der Waals surface area contributed by atoms with Crippen molar-refractivity contribution in [3.8, 4) is 0 Å². The summed E-state index contributed by atoms with van der Waals surface area (Å²) in [7, 11) is -3.69. The standard InChI is InChI=1S/C11H9NO4S2/c13-11(14)12-10-9(6-7-17-10)18(15,16)8-4-2-1-3-5-8/h1-7,12H,(H,13,14). The maximum atomic E-state index is 12.3. The van der Waals surface area contributed by atoms with E-state index >= 15 is 0 Å². The van der Waals surface area contributed by atoms with Gasteiger partial charge in [0, 0.05) is 0 Å². The number of sulfone groups is 1. The minimum Gasteiger partial charge on any atom is -0.465 e. The Morgan fingerprint density at radius 1 is 1.17 bits per heavy atom. The quantitative estimate of drug-likeness (QED) is 0.907. The van der Waals surface area contributed by atoms with E-state index in [0.717, 1.165) is 11.3 Å². The van der Waals surface area contributed by atoms with E-state index in [2.05, 4.69) is 5.32 Å². The Morgan fingerprint density at radius 3 is 2.44 bits per heavy atom. The van der Waals surface area contributed by atoms with Crippen molar-refractivity contribution in [2.75, 3.05) is 5.32 Å². The Hall–Kier alpha value is -1.86. The molecule has 18 heavy (non-hydrogen) atoms. The van der Waals surface area contributed by atoms with Crippen LogP contribution in [0.1, 0.15) is 0 Å². The van der Waals surface area contributed by atoms with Gasteiger partial charge >= 0.3 is 6.09 Å². The minimum absolute atomic E-state index is 0.0268. The first kappa shape index (κ1) is 12.6. The fourth-order valence-corrected chi connectivity index (χ4v) is 3.97. The van der Waals surface area contributed by atoms with Gasteiger partial charge in [0.05, 0.1) is 4.90 Å². The lowest BCUT2D eigenvalue weighted by Gasteiger charge is -2.05. The van der Waals surface area contributed by atoms with Gasteiger partial charge in [-0.1, -0.05) is 18.2 Å². The van der Waals surface area contributed by atoms with Crippen LogP contribution in [0.3, 0.4) is 0 Å². The number of anilines is 1. The maximum absolute atomic E-state index is 12.3. The second kappa shape index (κ2) is 4.79. The molecule has 7 heteroatoms. The molecule has 2 aromatic rings. The van der Waals surface area contributed by atoms with Crippen LogP contribution < -0.4 is 5.32 Å². The van der Waals surface area contributed by atoms with Crippen molar-refractivity contribution in [1.82, 2.24) is 0 Å². The van der Waals surface area contributed by atoms with Crippen LogP contribution in [0.25, 0.3) is 0 Å². The molecule has 0 aliphatic rings. The number of benzene rings is 1. The summed E-state index contributed by atoms with van der Waals surface area (Å²) in [4.78, 5) is 10.7. The molecule has 94 valence electrons. The van der Waals surface area contributed by atoms with Crippen molar-refractivity contribution in [3.05, 3.63) is 41.8 Å². The van der Waals surface area contributed by atoms with E-state index in [1.165, 1.54) is 23.6 Å². The van der Waals surface area contributed by atoms with Gasteiger partial charge in [0.25, 0.3) is 0 Å². The van der Waals surface area contributed by atoms with E-state index in [1.54, 1.807) is 18.2 Å². The van der Waals surface area contributed by atoms with Crippen LogP contribution in [0, 0.1) is 0 Å². The Balaban J connectivity index is 2.49. The number of amides is 1. The van der Waals surface area contributed by atoms with E-state index in [0.29, 0.717) is 0 Å². The zero-order valence-corrected chi connectivity index (χ0v) is 10.7. The van der Waals surface area contributed by atoms with Crippen molar-refractivity contribution in [2.24, 2.45) is 0 Å². The fourth-order valence-electron chi connectivity index (χ4n) is 1.42. The molecule has 0 unspecified atom stereocenters. The first-order valence-electron chi connectivity index (χ1n) is 4.89. The van der Waals surface area contributed by atoms with Crippen LogP contribution in [0.2, 0.25) is 0 Å². The average molecular weight is 283 g/mol.